The molecule has 0 atom stereocenters. The Morgan fingerprint density at radius 1 is 1.11 bits per heavy atom. The molecule has 3 aromatic heterocycles. The molecule has 7 nitrogen and oxygen atoms in total. The van der Waals surface area contributed by atoms with Gasteiger partial charge in [-0.15, -0.1) is 16.4 Å². The quantitative estimate of drug-likeness (QED) is 0.439. The molecule has 9 heteroatoms. The van der Waals surface area contributed by atoms with Crippen molar-refractivity contribution in [3.05, 3.63) is 46.7 Å². The number of methoxy groups -OCH3 is 2. The van der Waals surface area contributed by atoms with E-state index in [1.807, 2.05) is 43.5 Å². The first kappa shape index (κ1) is 18.7. The van der Waals surface area contributed by atoms with Crippen LogP contribution in [0.2, 0.25) is 0 Å². The number of hydrogen-bond donors (Lipinski definition) is 0. The molecule has 0 bridgehead atoms. The summed E-state index contributed by atoms with van der Waals surface area (Å²) in [5.74, 6) is 2.69. The average molecular weight is 414 g/mol. The lowest BCUT2D eigenvalue weighted by Gasteiger charge is -2.10. The van der Waals surface area contributed by atoms with Crippen molar-refractivity contribution in [2.45, 2.75) is 24.8 Å². The summed E-state index contributed by atoms with van der Waals surface area (Å²) in [5.41, 5.74) is 3.84. The summed E-state index contributed by atoms with van der Waals surface area (Å²) in [6.45, 7) is 3.96. The minimum absolute atomic E-state index is 0.625. The van der Waals surface area contributed by atoms with Gasteiger partial charge in [0.25, 0.3) is 5.78 Å². The fourth-order valence-electron chi connectivity index (χ4n) is 2.90. The van der Waals surface area contributed by atoms with Gasteiger partial charge in [-0.05, 0) is 32.0 Å². The smallest absolute Gasteiger partial charge is 0.253 e. The Hall–Kier alpha value is -2.65. The van der Waals surface area contributed by atoms with Crippen LogP contribution in [-0.2, 0) is 5.75 Å². The molecule has 0 amide bonds. The van der Waals surface area contributed by atoms with Crippen LogP contribution in [0.25, 0.3) is 16.3 Å². The molecule has 0 aliphatic rings. The molecular weight excluding hydrogens is 394 g/mol. The Balaban J connectivity index is 1.54. The number of thioether (sulfide) groups is 1. The highest BCUT2D eigenvalue weighted by Crippen LogP contribution is 2.39. The summed E-state index contributed by atoms with van der Waals surface area (Å²) in [7, 11) is 3.27. The largest absolute Gasteiger partial charge is 0.493 e. The van der Waals surface area contributed by atoms with Crippen LogP contribution in [0.4, 0.5) is 0 Å². The molecular formula is C19H19N5O2S2. The predicted molar refractivity (Wildman–Crippen MR) is 110 cm³/mol. The van der Waals surface area contributed by atoms with Gasteiger partial charge in [-0.25, -0.2) is 14.5 Å². The fourth-order valence-corrected chi connectivity index (χ4v) is 4.56. The van der Waals surface area contributed by atoms with Crippen LogP contribution < -0.4 is 9.47 Å². The number of thiazole rings is 1. The van der Waals surface area contributed by atoms with E-state index in [-0.39, 0.29) is 0 Å². The maximum Gasteiger partial charge on any atom is 0.253 e. The van der Waals surface area contributed by atoms with Crippen molar-refractivity contribution in [1.29, 1.82) is 0 Å². The first-order chi connectivity index (χ1) is 13.6. The van der Waals surface area contributed by atoms with Gasteiger partial charge >= 0.3 is 0 Å². The molecule has 0 saturated heterocycles. The fraction of sp³-hybridized carbons (Fsp3) is 0.263. The van der Waals surface area contributed by atoms with Gasteiger partial charge in [0, 0.05) is 22.5 Å². The van der Waals surface area contributed by atoms with Crippen molar-refractivity contribution < 1.29 is 9.47 Å². The Morgan fingerprint density at radius 2 is 1.96 bits per heavy atom. The van der Waals surface area contributed by atoms with Gasteiger partial charge in [-0.2, -0.15) is 4.98 Å². The molecule has 28 heavy (non-hydrogen) atoms. The van der Waals surface area contributed by atoms with Crippen molar-refractivity contribution in [3.63, 3.8) is 0 Å². The van der Waals surface area contributed by atoms with E-state index >= 15 is 0 Å². The van der Waals surface area contributed by atoms with Crippen LogP contribution in [0.1, 0.15) is 17.1 Å². The van der Waals surface area contributed by atoms with E-state index in [4.69, 9.17) is 14.5 Å². The highest BCUT2D eigenvalue weighted by Gasteiger charge is 2.15. The number of fused-ring (bicyclic) bond motifs is 1. The third kappa shape index (κ3) is 3.55. The highest BCUT2D eigenvalue weighted by molar-refractivity contribution is 7.98. The van der Waals surface area contributed by atoms with Crippen molar-refractivity contribution >= 4 is 28.9 Å². The van der Waals surface area contributed by atoms with Crippen LogP contribution >= 0.6 is 23.1 Å². The lowest BCUT2D eigenvalue weighted by Crippen LogP contribution is -1.97. The molecule has 0 N–H and O–H groups in total. The van der Waals surface area contributed by atoms with Crippen molar-refractivity contribution in [2.24, 2.45) is 0 Å². The third-order valence-electron chi connectivity index (χ3n) is 4.13. The molecule has 3 heterocycles. The van der Waals surface area contributed by atoms with Crippen molar-refractivity contribution in [2.75, 3.05) is 14.2 Å². The number of nitrogens with zero attached hydrogens (tertiary/aromatic N) is 5. The second-order valence-electron chi connectivity index (χ2n) is 6.12. The van der Waals surface area contributed by atoms with Crippen LogP contribution in [0.3, 0.4) is 0 Å². The van der Waals surface area contributed by atoms with E-state index < -0.39 is 0 Å². The number of rotatable bonds is 6. The lowest BCUT2D eigenvalue weighted by molar-refractivity contribution is 0.356. The van der Waals surface area contributed by atoms with E-state index in [9.17, 15) is 0 Å². The standard InChI is InChI=1S/C19H19N5O2S2/c1-11-8-12(2)24-18(20-11)22-19(23-24)28-10-13-9-27-17(21-13)14-6-5-7-15(25-3)16(14)26-4/h5-9H,10H2,1-4H3. The first-order valence-electron chi connectivity index (χ1n) is 8.58. The van der Waals surface area contributed by atoms with Crippen LogP contribution in [0, 0.1) is 13.8 Å². The van der Waals surface area contributed by atoms with Gasteiger partial charge < -0.3 is 9.47 Å². The molecule has 1 aromatic carbocycles. The molecule has 0 spiro atoms. The van der Waals surface area contributed by atoms with Crippen molar-refractivity contribution in [3.8, 4) is 22.1 Å². The van der Waals surface area contributed by atoms with E-state index in [1.165, 1.54) is 0 Å². The van der Waals surface area contributed by atoms with Gasteiger partial charge in [0.1, 0.15) is 5.01 Å². The SMILES string of the molecule is COc1cccc(-c2nc(CSc3nc4nc(C)cc(C)n4n3)cs2)c1OC. The van der Waals surface area contributed by atoms with E-state index in [1.54, 1.807) is 41.8 Å². The summed E-state index contributed by atoms with van der Waals surface area (Å²) in [5, 5.41) is 8.16. The van der Waals surface area contributed by atoms with Crippen LogP contribution in [0.15, 0.2) is 34.8 Å². The zero-order chi connectivity index (χ0) is 19.7. The van der Waals surface area contributed by atoms with Gasteiger partial charge in [0.15, 0.2) is 11.5 Å². The average Bonchev–Trinajstić information content (AvgIpc) is 3.32. The zero-order valence-electron chi connectivity index (χ0n) is 16.0. The van der Waals surface area contributed by atoms with E-state index in [0.29, 0.717) is 28.2 Å². The monoisotopic (exact) mass is 413 g/mol. The predicted octanol–water partition coefficient (Wildman–Crippen LogP) is 4.17. The van der Waals surface area contributed by atoms with Crippen LogP contribution in [-0.4, -0.2) is 38.8 Å². The number of aromatic nitrogens is 5. The maximum atomic E-state index is 5.52. The molecule has 144 valence electrons. The second-order valence-corrected chi connectivity index (χ2v) is 7.92. The molecule has 0 aliphatic carbocycles. The number of hydrogen-bond acceptors (Lipinski definition) is 8. The maximum absolute atomic E-state index is 5.52. The second kappa shape index (κ2) is 7.76. The Labute approximate surface area is 170 Å². The zero-order valence-corrected chi connectivity index (χ0v) is 17.6. The minimum atomic E-state index is 0.625. The minimum Gasteiger partial charge on any atom is -0.493 e. The molecule has 0 radical (unpaired) electrons. The van der Waals surface area contributed by atoms with Gasteiger partial charge in [0.05, 0.1) is 25.5 Å². The number of benzene rings is 1. The van der Waals surface area contributed by atoms with Gasteiger partial charge in [0.2, 0.25) is 5.16 Å². The number of aryl methyl sites for hydroxylation is 2. The Bertz CT molecular complexity index is 1140. The molecule has 0 fully saturated rings. The number of ether oxygens (including phenoxy) is 2. The summed E-state index contributed by atoms with van der Waals surface area (Å²) in [4.78, 5) is 13.7. The topological polar surface area (TPSA) is 74.4 Å². The lowest BCUT2D eigenvalue weighted by atomic mass is 10.2. The van der Waals surface area contributed by atoms with E-state index in [2.05, 4.69) is 15.1 Å². The van der Waals surface area contributed by atoms with Gasteiger partial charge in [-0.1, -0.05) is 17.8 Å². The summed E-state index contributed by atoms with van der Waals surface area (Å²) < 4.78 is 12.7. The third-order valence-corrected chi connectivity index (χ3v) is 5.93. The molecule has 4 rings (SSSR count). The van der Waals surface area contributed by atoms with Crippen LogP contribution in [0.5, 0.6) is 11.5 Å². The van der Waals surface area contributed by atoms with Gasteiger partial charge in [-0.3, -0.25) is 0 Å². The summed E-state index contributed by atoms with van der Waals surface area (Å²) in [6, 6.07) is 7.78. The van der Waals surface area contributed by atoms with E-state index in [0.717, 1.165) is 27.7 Å². The molecule has 0 saturated carbocycles. The normalized spacial score (nSPS) is 11.1. The summed E-state index contributed by atoms with van der Waals surface area (Å²) in [6.07, 6.45) is 0. The number of para-hydroxylation sites is 1. The first-order valence-corrected chi connectivity index (χ1v) is 10.4. The Morgan fingerprint density at radius 3 is 2.75 bits per heavy atom. The molecule has 0 unspecified atom stereocenters. The Kier molecular flexibility index (Phi) is 5.19. The highest BCUT2D eigenvalue weighted by atomic mass is 32.2. The summed E-state index contributed by atoms with van der Waals surface area (Å²) >= 11 is 3.12. The molecule has 0 aliphatic heterocycles. The van der Waals surface area contributed by atoms with Crippen molar-refractivity contribution in [1.82, 2.24) is 24.6 Å². The molecule has 4 aromatic rings.